The van der Waals surface area contributed by atoms with Crippen LogP contribution in [0.2, 0.25) is 0 Å². The molecule has 2 aromatic carbocycles. The third-order valence-corrected chi connectivity index (χ3v) is 7.69. The van der Waals surface area contributed by atoms with Crippen molar-refractivity contribution in [3.63, 3.8) is 0 Å². The molecule has 2 aliphatic rings. The Morgan fingerprint density at radius 1 is 1.03 bits per heavy atom. The van der Waals surface area contributed by atoms with E-state index < -0.39 is 18.2 Å². The predicted octanol–water partition coefficient (Wildman–Crippen LogP) is 5.36. The summed E-state index contributed by atoms with van der Waals surface area (Å²) >= 11 is 0. The van der Waals surface area contributed by atoms with Crippen molar-refractivity contribution in [2.24, 2.45) is 10.9 Å². The molecule has 1 aliphatic carbocycles. The molecule has 1 fully saturated rings. The number of benzene rings is 2. The van der Waals surface area contributed by atoms with Gasteiger partial charge in [0.05, 0.1) is 18.0 Å². The predicted molar refractivity (Wildman–Crippen MR) is 149 cm³/mol. The van der Waals surface area contributed by atoms with Crippen LogP contribution in [0, 0.1) is 5.92 Å². The van der Waals surface area contributed by atoms with Crippen molar-refractivity contribution < 1.29 is 19.1 Å². The molecule has 4 rings (SSSR count). The van der Waals surface area contributed by atoms with Crippen molar-refractivity contribution in [3.8, 4) is 0 Å². The number of hydrogen-bond donors (Lipinski definition) is 0. The maximum atomic E-state index is 14.0. The summed E-state index contributed by atoms with van der Waals surface area (Å²) in [5.41, 5.74) is 2.97. The molecule has 1 heterocycles. The molecule has 7 heteroatoms. The summed E-state index contributed by atoms with van der Waals surface area (Å²) in [5, 5.41) is 0. The number of ether oxygens (including phenoxy) is 1. The monoisotopic (exact) mass is 517 g/mol. The summed E-state index contributed by atoms with van der Waals surface area (Å²) in [6, 6.07) is 16.4. The highest BCUT2D eigenvalue weighted by molar-refractivity contribution is 6.20. The van der Waals surface area contributed by atoms with Crippen LogP contribution >= 0.6 is 0 Å². The lowest BCUT2D eigenvalue weighted by molar-refractivity contribution is -0.158. The van der Waals surface area contributed by atoms with E-state index in [9.17, 15) is 14.4 Å². The highest BCUT2D eigenvalue weighted by Gasteiger charge is 2.42. The van der Waals surface area contributed by atoms with Crippen molar-refractivity contribution in [3.05, 3.63) is 65.7 Å². The maximum Gasteiger partial charge on any atom is 0.328 e. The van der Waals surface area contributed by atoms with Gasteiger partial charge in [-0.25, -0.2) is 9.79 Å². The van der Waals surface area contributed by atoms with E-state index in [4.69, 9.17) is 9.73 Å². The number of benzodiazepines with no additional fused rings is 1. The third kappa shape index (κ3) is 5.98. The second-order valence-corrected chi connectivity index (χ2v) is 10.2. The lowest BCUT2D eigenvalue weighted by Crippen LogP contribution is -2.56. The van der Waals surface area contributed by atoms with E-state index in [1.165, 1.54) is 24.2 Å². The fourth-order valence-electron chi connectivity index (χ4n) is 5.64. The van der Waals surface area contributed by atoms with Crippen LogP contribution in [-0.2, 0) is 19.1 Å². The Morgan fingerprint density at radius 3 is 2.39 bits per heavy atom. The molecule has 38 heavy (non-hydrogen) atoms. The van der Waals surface area contributed by atoms with E-state index in [0.717, 1.165) is 30.4 Å². The Labute approximate surface area is 225 Å². The number of rotatable bonds is 9. The zero-order chi connectivity index (χ0) is 27.1. The second kappa shape index (κ2) is 12.9. The fraction of sp³-hybridized carbons (Fsp3) is 0.484. The number of anilines is 1. The Kier molecular flexibility index (Phi) is 9.32. The largest absolute Gasteiger partial charge is 0.464 e. The summed E-state index contributed by atoms with van der Waals surface area (Å²) in [4.78, 5) is 49.0. The van der Waals surface area contributed by atoms with Crippen molar-refractivity contribution >= 4 is 29.2 Å². The number of nitrogens with zero attached hydrogens (tertiary/aromatic N) is 3. The lowest BCUT2D eigenvalue weighted by Gasteiger charge is -2.35. The molecule has 7 nitrogen and oxygen atoms in total. The molecule has 2 amide bonds. The summed E-state index contributed by atoms with van der Waals surface area (Å²) in [6.45, 7) is 3.78. The van der Waals surface area contributed by atoms with Crippen molar-refractivity contribution in [1.82, 2.24) is 4.90 Å². The van der Waals surface area contributed by atoms with Gasteiger partial charge in [0.15, 0.2) is 0 Å². The first-order chi connectivity index (χ1) is 18.5. The number of carbonyl (C=O) groups is 3. The summed E-state index contributed by atoms with van der Waals surface area (Å²) in [7, 11) is 1.70. The molecular formula is C31H39N3O4. The van der Waals surface area contributed by atoms with Gasteiger partial charge in [0.1, 0.15) is 6.04 Å². The third-order valence-electron chi connectivity index (χ3n) is 7.69. The van der Waals surface area contributed by atoms with Crippen LogP contribution in [-0.4, -0.2) is 54.3 Å². The average Bonchev–Trinajstić information content (AvgIpc) is 3.06. The Morgan fingerprint density at radius 2 is 1.71 bits per heavy atom. The van der Waals surface area contributed by atoms with Gasteiger partial charge in [-0.2, -0.15) is 0 Å². The van der Waals surface area contributed by atoms with Crippen LogP contribution < -0.4 is 4.90 Å². The van der Waals surface area contributed by atoms with Crippen LogP contribution in [0.4, 0.5) is 5.69 Å². The number of hydrogen-bond acceptors (Lipinski definition) is 5. The normalized spacial score (nSPS) is 18.7. The van der Waals surface area contributed by atoms with E-state index in [2.05, 4.69) is 0 Å². The average molecular weight is 518 g/mol. The molecule has 0 N–H and O–H groups in total. The lowest BCUT2D eigenvalue weighted by atomic mass is 9.86. The van der Waals surface area contributed by atoms with Gasteiger partial charge < -0.3 is 9.64 Å². The number of esters is 1. The minimum Gasteiger partial charge on any atom is -0.464 e. The van der Waals surface area contributed by atoms with Gasteiger partial charge >= 0.3 is 5.97 Å². The molecule has 0 bridgehead atoms. The van der Waals surface area contributed by atoms with E-state index in [-0.39, 0.29) is 24.8 Å². The van der Waals surface area contributed by atoms with Gasteiger partial charge in [-0.15, -0.1) is 0 Å². The quantitative estimate of drug-likeness (QED) is 0.420. The highest BCUT2D eigenvalue weighted by Crippen LogP contribution is 2.31. The van der Waals surface area contributed by atoms with Crippen LogP contribution in [0.1, 0.15) is 76.3 Å². The Bertz CT molecular complexity index is 1160. The van der Waals surface area contributed by atoms with Crippen molar-refractivity contribution in [2.45, 2.75) is 77.4 Å². The van der Waals surface area contributed by atoms with Crippen molar-refractivity contribution in [2.75, 3.05) is 18.6 Å². The molecule has 1 aliphatic heterocycles. The molecule has 202 valence electrons. The first-order valence-electron chi connectivity index (χ1n) is 13.9. The smallest absolute Gasteiger partial charge is 0.328 e. The van der Waals surface area contributed by atoms with Gasteiger partial charge in [-0.05, 0) is 31.7 Å². The first-order valence-corrected chi connectivity index (χ1v) is 13.9. The molecule has 0 spiro atoms. The van der Waals surface area contributed by atoms with Crippen LogP contribution in [0.3, 0.4) is 0 Å². The molecule has 1 saturated carbocycles. The van der Waals surface area contributed by atoms with Crippen molar-refractivity contribution in [1.29, 1.82) is 0 Å². The summed E-state index contributed by atoms with van der Waals surface area (Å²) in [5.74, 6) is -0.589. The minimum atomic E-state index is -1.18. The maximum absolute atomic E-state index is 14.0. The standard InChI is InChI=1S/C31H39N3O4/c1-4-25(31(37)38-5-2)34(27(35)21-20-22-14-8-6-9-15-22)29-30(36)33(3)26-19-13-12-18-24(26)28(32-29)23-16-10-7-11-17-23/h7,10-13,16-19,22,25,29H,4-6,8-9,14-15,20-21H2,1-3H3. The molecule has 0 radical (unpaired) electrons. The van der Waals surface area contributed by atoms with Crippen LogP contribution in [0.5, 0.6) is 0 Å². The zero-order valence-electron chi connectivity index (χ0n) is 22.8. The summed E-state index contributed by atoms with van der Waals surface area (Å²) < 4.78 is 5.37. The molecule has 2 aromatic rings. The van der Waals surface area contributed by atoms with Gasteiger partial charge in [0, 0.05) is 24.6 Å². The van der Waals surface area contributed by atoms with E-state index in [1.807, 2.05) is 61.5 Å². The van der Waals surface area contributed by atoms with Crippen LogP contribution in [0.15, 0.2) is 59.6 Å². The topological polar surface area (TPSA) is 79.3 Å². The number of fused-ring (bicyclic) bond motifs is 1. The van der Waals surface area contributed by atoms with Gasteiger partial charge in [-0.1, -0.05) is 87.6 Å². The molecule has 2 unspecified atom stereocenters. The summed E-state index contributed by atoms with van der Waals surface area (Å²) in [6.07, 6.45) is 6.05. The molecular weight excluding hydrogens is 478 g/mol. The number of para-hydroxylation sites is 1. The molecule has 0 saturated heterocycles. The molecule has 0 aromatic heterocycles. The van der Waals surface area contributed by atoms with E-state index >= 15 is 0 Å². The van der Waals surface area contributed by atoms with E-state index in [1.54, 1.807) is 18.9 Å². The Hall–Kier alpha value is -3.48. The first kappa shape index (κ1) is 27.6. The minimum absolute atomic E-state index is 0.196. The SMILES string of the molecule is CCOC(=O)C(CC)N(C(=O)CCC1CCCCC1)C1N=C(c2ccccc2)c2ccccc2N(C)C1=O. The fourth-order valence-corrected chi connectivity index (χ4v) is 5.64. The van der Waals surface area contributed by atoms with Gasteiger partial charge in [0.25, 0.3) is 5.91 Å². The number of amides is 2. The highest BCUT2D eigenvalue weighted by atomic mass is 16.5. The van der Waals surface area contributed by atoms with E-state index in [0.29, 0.717) is 23.7 Å². The molecule has 2 atom stereocenters. The van der Waals surface area contributed by atoms with Gasteiger partial charge in [0.2, 0.25) is 12.1 Å². The number of aliphatic imine (C=N–C) groups is 1. The second-order valence-electron chi connectivity index (χ2n) is 10.2. The van der Waals surface area contributed by atoms with Gasteiger partial charge in [-0.3, -0.25) is 14.5 Å². The zero-order valence-corrected chi connectivity index (χ0v) is 22.8. The number of carbonyl (C=O) groups excluding carboxylic acids is 3. The van der Waals surface area contributed by atoms with Crippen LogP contribution in [0.25, 0.3) is 0 Å². The Balaban J connectivity index is 1.79. The number of likely N-dealkylation sites (N-methyl/N-ethyl adjacent to an activating group) is 1.